The van der Waals surface area contributed by atoms with Gasteiger partial charge in [-0.1, -0.05) is 41.9 Å². The van der Waals surface area contributed by atoms with Gasteiger partial charge in [0.2, 0.25) is 0 Å². The summed E-state index contributed by atoms with van der Waals surface area (Å²) in [6.45, 7) is 0. The largest absolute Gasteiger partial charge is 0.506 e. The lowest BCUT2D eigenvalue weighted by molar-refractivity contribution is 0.415. The van der Waals surface area contributed by atoms with Crippen molar-refractivity contribution >= 4 is 33.2 Å². The molecule has 0 radical (unpaired) electrons. The third kappa shape index (κ3) is 2.87. The Kier molecular flexibility index (Phi) is 4.37. The van der Waals surface area contributed by atoms with Crippen LogP contribution in [0.5, 0.6) is 11.5 Å². The summed E-state index contributed by atoms with van der Waals surface area (Å²) in [4.78, 5) is 15.7. The number of aromatic amines is 1. The fourth-order valence-corrected chi connectivity index (χ4v) is 4.47. The predicted molar refractivity (Wildman–Crippen MR) is 107 cm³/mol. The van der Waals surface area contributed by atoms with E-state index in [0.717, 1.165) is 11.3 Å². The molecule has 2 N–H and O–H groups in total. The second-order valence-corrected chi connectivity index (χ2v) is 7.47. The predicted octanol–water partition coefficient (Wildman–Crippen LogP) is 5.43. The zero-order chi connectivity index (χ0) is 19.1. The topological polar surface area (TPSA) is 62.3 Å². The number of hydrogen-bond donors (Lipinski definition) is 2. The SMILES string of the molecule is COc1ccc(F)cc1-c1c(Cl)sc2[nH]c(=O)c(-c3ccccc3)c(O)c12. The lowest BCUT2D eigenvalue weighted by Crippen LogP contribution is -2.08. The Bertz CT molecular complexity index is 1220. The zero-order valence-corrected chi connectivity index (χ0v) is 15.6. The summed E-state index contributed by atoms with van der Waals surface area (Å²) < 4.78 is 19.5. The summed E-state index contributed by atoms with van der Waals surface area (Å²) in [7, 11) is 1.47. The van der Waals surface area contributed by atoms with Crippen LogP contribution in [0.15, 0.2) is 53.3 Å². The number of halogens is 2. The zero-order valence-electron chi connectivity index (χ0n) is 14.0. The molecule has 7 heteroatoms. The van der Waals surface area contributed by atoms with E-state index < -0.39 is 11.4 Å². The van der Waals surface area contributed by atoms with Crippen LogP contribution in [0.3, 0.4) is 0 Å². The quantitative estimate of drug-likeness (QED) is 0.481. The normalized spacial score (nSPS) is 11.1. The minimum atomic E-state index is -0.464. The van der Waals surface area contributed by atoms with E-state index in [1.165, 1.54) is 25.3 Å². The van der Waals surface area contributed by atoms with Gasteiger partial charge in [0.1, 0.15) is 26.5 Å². The third-order valence-electron chi connectivity index (χ3n) is 4.29. The first-order chi connectivity index (χ1) is 13.0. The second kappa shape index (κ2) is 6.72. The first-order valence-electron chi connectivity index (χ1n) is 7.98. The highest BCUT2D eigenvalue weighted by molar-refractivity contribution is 7.23. The van der Waals surface area contributed by atoms with Gasteiger partial charge in [-0.05, 0) is 23.8 Å². The molecule has 0 saturated heterocycles. The molecule has 4 rings (SSSR count). The molecule has 0 unspecified atom stereocenters. The number of ether oxygens (including phenoxy) is 1. The molecule has 0 fully saturated rings. The van der Waals surface area contributed by atoms with E-state index in [-0.39, 0.29) is 11.3 Å². The number of nitrogens with one attached hydrogen (secondary N) is 1. The Balaban J connectivity index is 2.11. The van der Waals surface area contributed by atoms with Gasteiger partial charge >= 0.3 is 0 Å². The van der Waals surface area contributed by atoms with Crippen molar-refractivity contribution in [2.75, 3.05) is 7.11 Å². The highest BCUT2D eigenvalue weighted by Gasteiger charge is 2.24. The number of aromatic hydroxyl groups is 1. The van der Waals surface area contributed by atoms with Gasteiger partial charge in [0, 0.05) is 11.1 Å². The fraction of sp³-hybridized carbons (Fsp3) is 0.0500. The molecular weight excluding hydrogens is 389 g/mol. The number of aromatic nitrogens is 1. The number of H-pyrrole nitrogens is 1. The van der Waals surface area contributed by atoms with Gasteiger partial charge in [-0.25, -0.2) is 4.39 Å². The maximum atomic E-state index is 13.9. The Morgan fingerprint density at radius 3 is 2.59 bits per heavy atom. The van der Waals surface area contributed by atoms with Gasteiger partial charge in [0.15, 0.2) is 0 Å². The Labute approximate surface area is 162 Å². The maximum Gasteiger partial charge on any atom is 0.260 e. The standard InChI is InChI=1S/C20H13ClFNO3S/c1-26-13-8-7-11(22)9-12(13)15-16-17(24)14(10-5-3-2-4-6-10)19(25)23-20(16)27-18(15)21/h2-9H,1H3,(H2,23,24,25). The van der Waals surface area contributed by atoms with Gasteiger partial charge in [-0.2, -0.15) is 0 Å². The molecule has 27 heavy (non-hydrogen) atoms. The molecule has 4 aromatic rings. The summed E-state index contributed by atoms with van der Waals surface area (Å²) in [6, 6.07) is 12.9. The lowest BCUT2D eigenvalue weighted by Gasteiger charge is -2.11. The average molecular weight is 402 g/mol. The number of benzene rings is 2. The van der Waals surface area contributed by atoms with Crippen molar-refractivity contribution in [1.82, 2.24) is 4.98 Å². The summed E-state index contributed by atoms with van der Waals surface area (Å²) in [5.74, 6) is -0.261. The Hall–Kier alpha value is -2.83. The molecule has 4 nitrogen and oxygen atoms in total. The highest BCUT2D eigenvalue weighted by Crippen LogP contribution is 2.49. The smallest absolute Gasteiger partial charge is 0.260 e. The molecule has 0 aliphatic heterocycles. The summed E-state index contributed by atoms with van der Waals surface area (Å²) in [6.07, 6.45) is 0. The van der Waals surface area contributed by atoms with E-state index in [0.29, 0.717) is 37.0 Å². The number of pyridine rings is 1. The molecular formula is C20H13ClFNO3S. The molecule has 0 aliphatic rings. The first kappa shape index (κ1) is 17.6. The monoisotopic (exact) mass is 401 g/mol. The molecule has 0 amide bonds. The summed E-state index contributed by atoms with van der Waals surface area (Å²) in [5.41, 5.74) is 1.09. The van der Waals surface area contributed by atoms with Crippen LogP contribution in [0.25, 0.3) is 32.5 Å². The van der Waals surface area contributed by atoms with E-state index in [9.17, 15) is 14.3 Å². The van der Waals surface area contributed by atoms with Crippen molar-refractivity contribution in [3.8, 4) is 33.8 Å². The van der Waals surface area contributed by atoms with Crippen LogP contribution in [0, 0.1) is 5.82 Å². The van der Waals surface area contributed by atoms with Gasteiger partial charge in [-0.3, -0.25) is 4.79 Å². The molecule has 2 aromatic heterocycles. The van der Waals surface area contributed by atoms with Gasteiger partial charge in [0.05, 0.1) is 18.1 Å². The molecule has 2 heterocycles. The van der Waals surface area contributed by atoms with Crippen LogP contribution in [-0.2, 0) is 0 Å². The lowest BCUT2D eigenvalue weighted by atomic mass is 10.00. The number of hydrogen-bond acceptors (Lipinski definition) is 4. The fourth-order valence-electron chi connectivity index (χ4n) is 3.10. The van der Waals surface area contributed by atoms with E-state index >= 15 is 0 Å². The van der Waals surface area contributed by atoms with Crippen LogP contribution in [-0.4, -0.2) is 17.2 Å². The van der Waals surface area contributed by atoms with Crippen LogP contribution in [0.2, 0.25) is 4.34 Å². The molecule has 0 atom stereocenters. The molecule has 136 valence electrons. The van der Waals surface area contributed by atoms with Gasteiger partial charge in [-0.15, -0.1) is 11.3 Å². The van der Waals surface area contributed by atoms with Crippen molar-refractivity contribution in [3.63, 3.8) is 0 Å². The third-order valence-corrected chi connectivity index (χ3v) is 5.60. The summed E-state index contributed by atoms with van der Waals surface area (Å²) >= 11 is 7.52. The molecule has 0 spiro atoms. The van der Waals surface area contributed by atoms with Crippen LogP contribution >= 0.6 is 22.9 Å². The summed E-state index contributed by atoms with van der Waals surface area (Å²) in [5, 5.41) is 11.3. The molecule has 0 saturated carbocycles. The van der Waals surface area contributed by atoms with E-state index in [2.05, 4.69) is 4.98 Å². The van der Waals surface area contributed by atoms with Crippen molar-refractivity contribution in [1.29, 1.82) is 0 Å². The van der Waals surface area contributed by atoms with Crippen LogP contribution in [0.4, 0.5) is 4.39 Å². The van der Waals surface area contributed by atoms with Crippen molar-refractivity contribution in [2.24, 2.45) is 0 Å². The van der Waals surface area contributed by atoms with E-state index in [1.807, 2.05) is 6.07 Å². The Morgan fingerprint density at radius 2 is 1.89 bits per heavy atom. The van der Waals surface area contributed by atoms with Crippen molar-refractivity contribution in [3.05, 3.63) is 69.0 Å². The van der Waals surface area contributed by atoms with Crippen molar-refractivity contribution < 1.29 is 14.2 Å². The van der Waals surface area contributed by atoms with Crippen molar-refractivity contribution in [2.45, 2.75) is 0 Å². The minimum Gasteiger partial charge on any atom is -0.506 e. The van der Waals surface area contributed by atoms with Crippen LogP contribution < -0.4 is 10.3 Å². The van der Waals surface area contributed by atoms with Gasteiger partial charge in [0.25, 0.3) is 5.56 Å². The van der Waals surface area contributed by atoms with E-state index in [4.69, 9.17) is 16.3 Å². The number of methoxy groups -OCH3 is 1. The number of thiophene rings is 1. The average Bonchev–Trinajstić information content (AvgIpc) is 2.98. The van der Waals surface area contributed by atoms with E-state index in [1.54, 1.807) is 24.3 Å². The number of rotatable bonds is 3. The molecule has 0 aliphatic carbocycles. The van der Waals surface area contributed by atoms with Gasteiger partial charge < -0.3 is 14.8 Å². The van der Waals surface area contributed by atoms with Crippen LogP contribution in [0.1, 0.15) is 0 Å². The molecule has 0 bridgehead atoms. The second-order valence-electron chi connectivity index (χ2n) is 5.84. The molecule has 2 aromatic carbocycles. The first-order valence-corrected chi connectivity index (χ1v) is 9.17. The highest BCUT2D eigenvalue weighted by atomic mass is 35.5. The Morgan fingerprint density at radius 1 is 1.15 bits per heavy atom. The minimum absolute atomic E-state index is 0.134. The maximum absolute atomic E-state index is 13.9. The number of fused-ring (bicyclic) bond motifs is 1.